The standard InChI is InChI=1S/C21H26N4O/c1-5-17-15(2)23-19-9-7-6-8-18(19)20(17)25-10-11-26-21(3,14-25)16-12-22-24(4)13-16/h6-9,12-13H,5,10-11,14H2,1-4H3. The van der Waals surface area contributed by atoms with Crippen molar-refractivity contribution in [2.45, 2.75) is 32.8 Å². The lowest BCUT2D eigenvalue weighted by Crippen LogP contribution is -2.48. The summed E-state index contributed by atoms with van der Waals surface area (Å²) < 4.78 is 8.06. The molecule has 1 aliphatic rings. The van der Waals surface area contributed by atoms with Crippen LogP contribution in [0, 0.1) is 6.92 Å². The number of hydrogen-bond donors (Lipinski definition) is 0. The third kappa shape index (κ3) is 2.76. The molecule has 3 heterocycles. The van der Waals surface area contributed by atoms with E-state index in [0.717, 1.165) is 36.3 Å². The van der Waals surface area contributed by atoms with Crippen molar-refractivity contribution in [2.75, 3.05) is 24.6 Å². The van der Waals surface area contributed by atoms with E-state index < -0.39 is 0 Å². The number of fused-ring (bicyclic) bond motifs is 1. The lowest BCUT2D eigenvalue weighted by molar-refractivity contribution is -0.0466. The van der Waals surface area contributed by atoms with Crippen LogP contribution in [0.1, 0.15) is 30.7 Å². The fourth-order valence-electron chi connectivity index (χ4n) is 4.07. The molecule has 1 unspecified atom stereocenters. The number of anilines is 1. The first kappa shape index (κ1) is 17.0. The van der Waals surface area contributed by atoms with E-state index >= 15 is 0 Å². The fraction of sp³-hybridized carbons (Fsp3) is 0.429. The molecule has 1 saturated heterocycles. The van der Waals surface area contributed by atoms with Crippen LogP contribution in [0.25, 0.3) is 10.9 Å². The molecule has 4 rings (SSSR count). The summed E-state index contributed by atoms with van der Waals surface area (Å²) in [5, 5.41) is 5.57. The van der Waals surface area contributed by atoms with E-state index in [0.29, 0.717) is 6.61 Å². The Morgan fingerprint density at radius 3 is 2.81 bits per heavy atom. The number of aromatic nitrogens is 3. The molecule has 0 aliphatic carbocycles. The molecular formula is C21H26N4O. The van der Waals surface area contributed by atoms with E-state index in [9.17, 15) is 0 Å². The highest BCUT2D eigenvalue weighted by Crippen LogP contribution is 2.37. The number of aryl methyl sites for hydroxylation is 2. The lowest BCUT2D eigenvalue weighted by Gasteiger charge is -2.42. The maximum atomic E-state index is 6.22. The molecule has 3 aromatic rings. The van der Waals surface area contributed by atoms with Crippen molar-refractivity contribution in [3.63, 3.8) is 0 Å². The predicted molar refractivity (Wildman–Crippen MR) is 105 cm³/mol. The summed E-state index contributed by atoms with van der Waals surface area (Å²) >= 11 is 0. The van der Waals surface area contributed by atoms with Crippen LogP contribution < -0.4 is 4.90 Å². The van der Waals surface area contributed by atoms with Crippen LogP contribution >= 0.6 is 0 Å². The van der Waals surface area contributed by atoms with Crippen LogP contribution in [0.3, 0.4) is 0 Å². The van der Waals surface area contributed by atoms with Gasteiger partial charge in [0.1, 0.15) is 5.60 Å². The van der Waals surface area contributed by atoms with Gasteiger partial charge in [-0.2, -0.15) is 5.10 Å². The van der Waals surface area contributed by atoms with Crippen LogP contribution in [-0.2, 0) is 23.8 Å². The quantitative estimate of drug-likeness (QED) is 0.724. The van der Waals surface area contributed by atoms with Crippen molar-refractivity contribution in [1.29, 1.82) is 0 Å². The Kier molecular flexibility index (Phi) is 4.19. The highest BCUT2D eigenvalue weighted by molar-refractivity contribution is 5.94. The Labute approximate surface area is 154 Å². The number of rotatable bonds is 3. The van der Waals surface area contributed by atoms with E-state index in [1.807, 2.05) is 17.9 Å². The first-order chi connectivity index (χ1) is 12.5. The molecule has 5 heteroatoms. The van der Waals surface area contributed by atoms with Gasteiger partial charge in [0.25, 0.3) is 0 Å². The summed E-state index contributed by atoms with van der Waals surface area (Å²) in [5.74, 6) is 0. The smallest absolute Gasteiger partial charge is 0.111 e. The van der Waals surface area contributed by atoms with E-state index in [1.54, 1.807) is 0 Å². The molecular weight excluding hydrogens is 324 g/mol. The molecule has 0 bridgehead atoms. The summed E-state index contributed by atoms with van der Waals surface area (Å²) in [6.45, 7) is 8.89. The Morgan fingerprint density at radius 2 is 2.08 bits per heavy atom. The number of nitrogens with zero attached hydrogens (tertiary/aromatic N) is 4. The third-order valence-electron chi connectivity index (χ3n) is 5.43. The Hall–Kier alpha value is -2.40. The van der Waals surface area contributed by atoms with Crippen molar-refractivity contribution < 1.29 is 4.74 Å². The summed E-state index contributed by atoms with van der Waals surface area (Å²) in [6.07, 6.45) is 4.94. The average molecular weight is 350 g/mol. The van der Waals surface area contributed by atoms with E-state index in [1.165, 1.54) is 16.6 Å². The third-order valence-corrected chi connectivity index (χ3v) is 5.43. The number of ether oxygens (including phenoxy) is 1. The average Bonchev–Trinajstić information content (AvgIpc) is 3.08. The summed E-state index contributed by atoms with van der Waals surface area (Å²) in [6, 6.07) is 8.45. The van der Waals surface area contributed by atoms with Crippen LogP contribution in [0.5, 0.6) is 0 Å². The van der Waals surface area contributed by atoms with Crippen molar-refractivity contribution >= 4 is 16.6 Å². The maximum Gasteiger partial charge on any atom is 0.111 e. The number of morpholine rings is 1. The molecule has 2 aromatic heterocycles. The molecule has 0 N–H and O–H groups in total. The predicted octanol–water partition coefficient (Wildman–Crippen LogP) is 3.59. The number of hydrogen-bond acceptors (Lipinski definition) is 4. The molecule has 0 spiro atoms. The molecule has 0 amide bonds. The van der Waals surface area contributed by atoms with Gasteiger partial charge in [0.05, 0.1) is 30.6 Å². The molecule has 0 radical (unpaired) electrons. The number of benzene rings is 1. The van der Waals surface area contributed by atoms with Crippen molar-refractivity contribution in [1.82, 2.24) is 14.8 Å². The summed E-state index contributed by atoms with van der Waals surface area (Å²) in [5.41, 5.74) is 5.59. The van der Waals surface area contributed by atoms with Gasteiger partial charge in [0, 0.05) is 36.4 Å². The molecule has 1 atom stereocenters. The second-order valence-electron chi connectivity index (χ2n) is 7.30. The van der Waals surface area contributed by atoms with E-state index in [4.69, 9.17) is 9.72 Å². The largest absolute Gasteiger partial charge is 0.367 e. The van der Waals surface area contributed by atoms with Gasteiger partial charge in [-0.05, 0) is 31.9 Å². The maximum absolute atomic E-state index is 6.22. The number of pyridine rings is 1. The lowest BCUT2D eigenvalue weighted by atomic mass is 9.95. The van der Waals surface area contributed by atoms with Gasteiger partial charge in [-0.3, -0.25) is 9.67 Å². The molecule has 136 valence electrons. The van der Waals surface area contributed by atoms with Gasteiger partial charge < -0.3 is 9.64 Å². The first-order valence-electron chi connectivity index (χ1n) is 9.28. The summed E-state index contributed by atoms with van der Waals surface area (Å²) in [4.78, 5) is 7.31. The molecule has 1 aromatic carbocycles. The zero-order chi connectivity index (χ0) is 18.3. The molecule has 0 saturated carbocycles. The molecule has 1 aliphatic heterocycles. The Bertz CT molecular complexity index is 948. The van der Waals surface area contributed by atoms with E-state index in [2.05, 4.69) is 61.2 Å². The fourth-order valence-corrected chi connectivity index (χ4v) is 4.07. The van der Waals surface area contributed by atoms with Crippen LogP contribution in [0.15, 0.2) is 36.7 Å². The minimum atomic E-state index is -0.365. The minimum absolute atomic E-state index is 0.365. The van der Waals surface area contributed by atoms with Gasteiger partial charge in [-0.1, -0.05) is 25.1 Å². The summed E-state index contributed by atoms with van der Waals surface area (Å²) in [7, 11) is 1.95. The Morgan fingerprint density at radius 1 is 1.27 bits per heavy atom. The van der Waals surface area contributed by atoms with E-state index in [-0.39, 0.29) is 5.60 Å². The highest BCUT2D eigenvalue weighted by atomic mass is 16.5. The topological polar surface area (TPSA) is 43.2 Å². The van der Waals surface area contributed by atoms with Crippen LogP contribution in [0.4, 0.5) is 5.69 Å². The Balaban J connectivity index is 1.82. The molecule has 5 nitrogen and oxygen atoms in total. The van der Waals surface area contributed by atoms with Gasteiger partial charge >= 0.3 is 0 Å². The van der Waals surface area contributed by atoms with Gasteiger partial charge in [-0.15, -0.1) is 0 Å². The monoisotopic (exact) mass is 350 g/mol. The second-order valence-corrected chi connectivity index (χ2v) is 7.30. The first-order valence-corrected chi connectivity index (χ1v) is 9.28. The highest BCUT2D eigenvalue weighted by Gasteiger charge is 2.36. The minimum Gasteiger partial charge on any atom is -0.367 e. The van der Waals surface area contributed by atoms with Gasteiger partial charge in [0.2, 0.25) is 0 Å². The van der Waals surface area contributed by atoms with Crippen molar-refractivity contribution in [2.24, 2.45) is 7.05 Å². The van der Waals surface area contributed by atoms with Crippen molar-refractivity contribution in [3.8, 4) is 0 Å². The van der Waals surface area contributed by atoms with Gasteiger partial charge in [0.15, 0.2) is 0 Å². The van der Waals surface area contributed by atoms with Crippen LogP contribution in [-0.4, -0.2) is 34.5 Å². The normalized spacial score (nSPS) is 20.7. The zero-order valence-corrected chi connectivity index (χ0v) is 16.0. The SMILES string of the molecule is CCc1c(C)nc2ccccc2c1N1CCOC(C)(c2cnn(C)c2)C1. The second kappa shape index (κ2) is 6.40. The molecule has 1 fully saturated rings. The van der Waals surface area contributed by atoms with Gasteiger partial charge in [-0.25, -0.2) is 0 Å². The van der Waals surface area contributed by atoms with Crippen LogP contribution in [0.2, 0.25) is 0 Å². The zero-order valence-electron chi connectivity index (χ0n) is 16.0. The van der Waals surface area contributed by atoms with Crippen molar-refractivity contribution in [3.05, 3.63) is 53.5 Å². The molecule has 26 heavy (non-hydrogen) atoms. The number of para-hydroxylation sites is 1.